The first-order valence-electron chi connectivity index (χ1n) is 6.99. The summed E-state index contributed by atoms with van der Waals surface area (Å²) >= 11 is 0. The molecule has 0 amide bonds. The summed E-state index contributed by atoms with van der Waals surface area (Å²) in [6.07, 6.45) is 2.27. The Morgan fingerprint density at radius 2 is 2.05 bits per heavy atom. The highest BCUT2D eigenvalue weighted by molar-refractivity contribution is 5.80. The van der Waals surface area contributed by atoms with Crippen LogP contribution in [-0.2, 0) is 13.0 Å². The molecule has 0 saturated heterocycles. The summed E-state index contributed by atoms with van der Waals surface area (Å²) in [6, 6.07) is 6.14. The van der Waals surface area contributed by atoms with Crippen LogP contribution in [0.3, 0.4) is 0 Å². The van der Waals surface area contributed by atoms with Crippen LogP contribution >= 0.6 is 0 Å². The average Bonchev–Trinajstić information content (AvgIpc) is 2.82. The number of imidazole rings is 1. The molecule has 0 atom stereocenters. The van der Waals surface area contributed by atoms with Crippen molar-refractivity contribution in [2.45, 2.75) is 32.7 Å². The monoisotopic (exact) mass is 271 g/mol. The van der Waals surface area contributed by atoms with Crippen molar-refractivity contribution < 1.29 is 9.47 Å². The van der Waals surface area contributed by atoms with Gasteiger partial charge in [-0.1, -0.05) is 6.92 Å². The summed E-state index contributed by atoms with van der Waals surface area (Å²) in [5.41, 5.74) is 1.99. The molecule has 0 radical (unpaired) electrons. The number of ether oxygens (including phenoxy) is 2. The van der Waals surface area contributed by atoms with Gasteiger partial charge >= 0.3 is 0 Å². The smallest absolute Gasteiger partial charge is 0.163 e. The largest absolute Gasteiger partial charge is 0.486 e. The fraction of sp³-hybridized carbons (Fsp3) is 0.467. The Morgan fingerprint density at radius 1 is 1.30 bits per heavy atom. The zero-order valence-electron chi connectivity index (χ0n) is 11.6. The number of hydrogen-bond acceptors (Lipinski definition) is 4. The molecule has 1 aliphatic heterocycles. The molecule has 1 aromatic heterocycles. The molecule has 1 aliphatic rings. The summed E-state index contributed by atoms with van der Waals surface area (Å²) in [7, 11) is 0. The summed E-state index contributed by atoms with van der Waals surface area (Å²) in [4.78, 5) is 4.66. The Morgan fingerprint density at radius 3 is 2.75 bits per heavy atom. The van der Waals surface area contributed by atoms with E-state index in [1.807, 2.05) is 12.1 Å². The Kier molecular flexibility index (Phi) is 3.46. The third-order valence-electron chi connectivity index (χ3n) is 3.48. The minimum Gasteiger partial charge on any atom is -0.486 e. The maximum absolute atomic E-state index is 8.68. The third kappa shape index (κ3) is 2.18. The molecular weight excluding hydrogens is 254 g/mol. The van der Waals surface area contributed by atoms with E-state index in [-0.39, 0.29) is 0 Å². The fourth-order valence-corrected chi connectivity index (χ4v) is 2.55. The van der Waals surface area contributed by atoms with Crippen LogP contribution in [0.15, 0.2) is 12.1 Å². The maximum Gasteiger partial charge on any atom is 0.163 e. The third-order valence-corrected chi connectivity index (χ3v) is 3.48. The van der Waals surface area contributed by atoms with E-state index in [0.29, 0.717) is 19.6 Å². The first-order chi connectivity index (χ1) is 9.83. The number of aromatic nitrogens is 2. The molecule has 1 aromatic carbocycles. The van der Waals surface area contributed by atoms with Crippen molar-refractivity contribution in [2.75, 3.05) is 13.2 Å². The molecule has 0 saturated carbocycles. The number of fused-ring (bicyclic) bond motifs is 2. The van der Waals surface area contributed by atoms with E-state index in [9.17, 15) is 0 Å². The van der Waals surface area contributed by atoms with Gasteiger partial charge in [0, 0.05) is 31.5 Å². The molecule has 5 nitrogen and oxygen atoms in total. The molecule has 0 aliphatic carbocycles. The average molecular weight is 271 g/mol. The van der Waals surface area contributed by atoms with Crippen molar-refractivity contribution in [3.05, 3.63) is 18.0 Å². The van der Waals surface area contributed by atoms with Crippen LogP contribution in [0.4, 0.5) is 0 Å². The Labute approximate surface area is 117 Å². The van der Waals surface area contributed by atoms with Crippen molar-refractivity contribution in [2.24, 2.45) is 0 Å². The van der Waals surface area contributed by atoms with Gasteiger partial charge in [-0.15, -0.1) is 0 Å². The second-order valence-corrected chi connectivity index (χ2v) is 4.78. The molecule has 5 heteroatoms. The quantitative estimate of drug-likeness (QED) is 0.802. The molecule has 104 valence electrons. The van der Waals surface area contributed by atoms with Crippen molar-refractivity contribution in [3.8, 4) is 17.6 Å². The van der Waals surface area contributed by atoms with E-state index in [1.165, 1.54) is 0 Å². The van der Waals surface area contributed by atoms with Gasteiger partial charge in [0.05, 0.1) is 17.1 Å². The zero-order chi connectivity index (χ0) is 13.9. The summed E-state index contributed by atoms with van der Waals surface area (Å²) in [5.74, 6) is 2.60. The van der Waals surface area contributed by atoms with Gasteiger partial charge in [0.1, 0.15) is 19.0 Å². The number of hydrogen-bond donors (Lipinski definition) is 0. The van der Waals surface area contributed by atoms with Gasteiger partial charge in [-0.2, -0.15) is 5.26 Å². The topological polar surface area (TPSA) is 60.1 Å². The second-order valence-electron chi connectivity index (χ2n) is 4.78. The van der Waals surface area contributed by atoms with E-state index in [4.69, 9.17) is 14.7 Å². The summed E-state index contributed by atoms with van der Waals surface area (Å²) < 4.78 is 13.4. The number of unbranched alkanes of at least 4 members (excludes halogenated alkanes) is 1. The molecular formula is C15H17N3O2. The first kappa shape index (κ1) is 12.8. The highest BCUT2D eigenvalue weighted by atomic mass is 16.6. The van der Waals surface area contributed by atoms with Crippen molar-refractivity contribution in [3.63, 3.8) is 0 Å². The van der Waals surface area contributed by atoms with Gasteiger partial charge in [0.2, 0.25) is 0 Å². The van der Waals surface area contributed by atoms with Crippen LogP contribution in [0.1, 0.15) is 25.6 Å². The van der Waals surface area contributed by atoms with Crippen molar-refractivity contribution >= 4 is 11.0 Å². The van der Waals surface area contributed by atoms with E-state index < -0.39 is 0 Å². The number of nitriles is 1. The molecule has 20 heavy (non-hydrogen) atoms. The number of rotatable bonds is 4. The summed E-state index contributed by atoms with van der Waals surface area (Å²) in [6.45, 7) is 4.07. The molecule has 2 heterocycles. The van der Waals surface area contributed by atoms with Gasteiger partial charge < -0.3 is 14.0 Å². The van der Waals surface area contributed by atoms with E-state index in [1.54, 1.807) is 0 Å². The zero-order valence-corrected chi connectivity index (χ0v) is 11.6. The SMILES string of the molecule is CCc1nc2cc3c(cc2n1CCCC#N)OCCO3. The highest BCUT2D eigenvalue weighted by Gasteiger charge is 2.17. The van der Waals surface area contributed by atoms with Crippen LogP contribution in [0.5, 0.6) is 11.5 Å². The molecule has 3 rings (SSSR count). The molecule has 0 N–H and O–H groups in total. The van der Waals surface area contributed by atoms with Gasteiger partial charge in [-0.25, -0.2) is 4.98 Å². The van der Waals surface area contributed by atoms with E-state index in [2.05, 4.69) is 22.5 Å². The van der Waals surface area contributed by atoms with E-state index >= 15 is 0 Å². The lowest BCUT2D eigenvalue weighted by Gasteiger charge is -2.18. The van der Waals surface area contributed by atoms with Crippen molar-refractivity contribution in [1.82, 2.24) is 9.55 Å². The van der Waals surface area contributed by atoms with Crippen LogP contribution in [0.25, 0.3) is 11.0 Å². The van der Waals surface area contributed by atoms with Crippen LogP contribution < -0.4 is 9.47 Å². The standard InChI is InChI=1S/C15H17N3O2/c1-2-15-17-11-9-13-14(20-8-7-19-13)10-12(11)18(15)6-4-3-5-16/h9-10H,2-4,6-8H2,1H3. The van der Waals surface area contributed by atoms with Crippen LogP contribution in [0.2, 0.25) is 0 Å². The Bertz CT molecular complexity index is 670. The Balaban J connectivity index is 2.04. The van der Waals surface area contributed by atoms with Crippen LogP contribution in [-0.4, -0.2) is 22.8 Å². The van der Waals surface area contributed by atoms with Gasteiger partial charge in [0.25, 0.3) is 0 Å². The summed E-state index contributed by atoms with van der Waals surface area (Å²) in [5, 5.41) is 8.68. The lowest BCUT2D eigenvalue weighted by molar-refractivity contribution is 0.172. The minimum atomic E-state index is 0.563. The predicted molar refractivity (Wildman–Crippen MR) is 74.9 cm³/mol. The van der Waals surface area contributed by atoms with Gasteiger partial charge in [-0.3, -0.25) is 0 Å². The normalized spacial score (nSPS) is 13.4. The lowest BCUT2D eigenvalue weighted by atomic mass is 10.2. The first-order valence-corrected chi connectivity index (χ1v) is 6.99. The molecule has 0 bridgehead atoms. The van der Waals surface area contributed by atoms with Crippen molar-refractivity contribution in [1.29, 1.82) is 5.26 Å². The maximum atomic E-state index is 8.68. The molecule has 0 fully saturated rings. The molecule has 2 aromatic rings. The highest BCUT2D eigenvalue weighted by Crippen LogP contribution is 2.34. The van der Waals surface area contributed by atoms with Gasteiger partial charge in [-0.05, 0) is 6.42 Å². The number of nitrogens with zero attached hydrogens (tertiary/aromatic N) is 3. The molecule has 0 unspecified atom stereocenters. The minimum absolute atomic E-state index is 0.563. The van der Waals surface area contributed by atoms with Crippen LogP contribution in [0, 0.1) is 11.3 Å². The predicted octanol–water partition coefficient (Wildman–Crippen LogP) is 2.67. The fourth-order valence-electron chi connectivity index (χ4n) is 2.55. The Hall–Kier alpha value is -2.22. The van der Waals surface area contributed by atoms with E-state index in [0.717, 1.165) is 47.7 Å². The number of aryl methyl sites for hydroxylation is 2. The molecule has 0 spiro atoms. The lowest BCUT2D eigenvalue weighted by Crippen LogP contribution is -2.15. The second kappa shape index (κ2) is 5.41. The number of benzene rings is 1. The van der Waals surface area contributed by atoms with Gasteiger partial charge in [0.15, 0.2) is 11.5 Å².